The second kappa shape index (κ2) is 20.1. The van der Waals surface area contributed by atoms with Crippen molar-refractivity contribution in [3.63, 3.8) is 0 Å². The van der Waals surface area contributed by atoms with Gasteiger partial charge in [-0.3, -0.25) is 4.79 Å². The highest BCUT2D eigenvalue weighted by molar-refractivity contribution is 5.78. The summed E-state index contributed by atoms with van der Waals surface area (Å²) in [4.78, 5) is 14.4. The summed E-state index contributed by atoms with van der Waals surface area (Å²) in [7, 11) is 3.23. The number of fused-ring (bicyclic) bond motifs is 2. The van der Waals surface area contributed by atoms with Crippen LogP contribution in [0.4, 0.5) is 0 Å². The highest BCUT2D eigenvalue weighted by atomic mass is 16.7. The van der Waals surface area contributed by atoms with Gasteiger partial charge >= 0.3 is 5.97 Å². The van der Waals surface area contributed by atoms with Crippen LogP contribution in [0.25, 0.3) is 0 Å². The fourth-order valence-corrected chi connectivity index (χ4v) is 11.7. The molecule has 6 heterocycles. The number of methoxy groups -OCH3 is 2. The number of ether oxygens (including phenoxy) is 10. The van der Waals surface area contributed by atoms with Crippen molar-refractivity contribution in [2.45, 2.75) is 203 Å². The van der Waals surface area contributed by atoms with Crippen LogP contribution in [0.5, 0.6) is 0 Å². The maximum atomic E-state index is 14.4. The zero-order chi connectivity index (χ0) is 45.5. The van der Waals surface area contributed by atoms with Crippen molar-refractivity contribution in [2.24, 2.45) is 23.7 Å². The number of hydrogen-bond acceptors (Lipinski definition) is 14. The fraction of sp³-hybridized carbons (Fsp3) is 0.780. The maximum absolute atomic E-state index is 14.4. The van der Waals surface area contributed by atoms with Gasteiger partial charge in [0.05, 0.1) is 49.3 Å². The molecule has 2 unspecified atom stereocenters. The molecule has 0 aromatic heterocycles. The lowest BCUT2D eigenvalue weighted by molar-refractivity contribution is -0.318. The van der Waals surface area contributed by atoms with Crippen LogP contribution in [-0.4, -0.2) is 139 Å². The van der Waals surface area contributed by atoms with Crippen LogP contribution in [0.15, 0.2) is 59.3 Å². The predicted octanol–water partition coefficient (Wildman–Crippen LogP) is 5.91. The topological polar surface area (TPSA) is 170 Å². The van der Waals surface area contributed by atoms with Crippen molar-refractivity contribution in [2.75, 3.05) is 20.8 Å². The normalized spacial score (nSPS) is 49.2. The van der Waals surface area contributed by atoms with E-state index in [1.54, 1.807) is 40.2 Å². The van der Waals surface area contributed by atoms with Gasteiger partial charge in [-0.2, -0.15) is 0 Å². The molecule has 14 nitrogen and oxygen atoms in total. The molecule has 1 spiro atoms. The van der Waals surface area contributed by atoms with Crippen molar-refractivity contribution >= 4 is 5.97 Å². The first-order chi connectivity index (χ1) is 30.6. The Morgan fingerprint density at radius 2 is 1.53 bits per heavy atom. The molecule has 2 aliphatic carbocycles. The van der Waals surface area contributed by atoms with Crippen molar-refractivity contribution in [3.05, 3.63) is 59.3 Å². The molecule has 4 saturated heterocycles. The largest absolute Gasteiger partial charge is 0.462 e. The number of esters is 1. The molecule has 64 heavy (non-hydrogen) atoms. The van der Waals surface area contributed by atoms with E-state index in [4.69, 9.17) is 47.4 Å². The van der Waals surface area contributed by atoms with Gasteiger partial charge in [0.25, 0.3) is 0 Å². The molecule has 6 aliphatic heterocycles. The smallest absolute Gasteiger partial charge is 0.316 e. The second-order valence-electron chi connectivity index (χ2n) is 20.0. The molecule has 8 aliphatic rings. The third-order valence-corrected chi connectivity index (χ3v) is 15.4. The van der Waals surface area contributed by atoms with E-state index in [1.807, 2.05) is 25.2 Å². The van der Waals surface area contributed by atoms with Gasteiger partial charge in [0.15, 0.2) is 18.4 Å². The van der Waals surface area contributed by atoms with Crippen LogP contribution in [0.3, 0.4) is 0 Å². The number of rotatable bonds is 7. The number of carbonyl (C=O) groups excluding carboxylic acids is 1. The number of aliphatic hydroxyl groups excluding tert-OH is 2. The van der Waals surface area contributed by atoms with E-state index in [0.29, 0.717) is 49.2 Å². The summed E-state index contributed by atoms with van der Waals surface area (Å²) < 4.78 is 64.1. The third-order valence-electron chi connectivity index (χ3n) is 15.4. The van der Waals surface area contributed by atoms with E-state index in [-0.39, 0.29) is 36.8 Å². The molecule has 2 bridgehead atoms. The number of allylic oxidation sites excluding steroid dienone is 2. The minimum absolute atomic E-state index is 0.0242. The van der Waals surface area contributed by atoms with E-state index < -0.39 is 90.8 Å². The summed E-state index contributed by atoms with van der Waals surface area (Å²) in [6, 6.07) is 0. The van der Waals surface area contributed by atoms with Gasteiger partial charge in [-0.25, -0.2) is 0 Å². The zero-order valence-corrected chi connectivity index (χ0v) is 39.0. The highest BCUT2D eigenvalue weighted by Gasteiger charge is 2.60. The average Bonchev–Trinajstić information content (AvgIpc) is 3.62. The molecule has 1 saturated carbocycles. The molecule has 3 N–H and O–H groups in total. The third kappa shape index (κ3) is 9.82. The standard InChI is InChI=1S/C50H74O14/c1-27-13-12-16-34-26-57-47-42(51)30(4)21-37(50(34,47)54)48(53)60-36-22-35(63-49(25-36)20-19-29(3)45(64-49)33-14-10-9-11-15-33)18-17-28(2)44(27)61-41-24-39(56-8)46(32(6)59-41)62-40-23-38(55-7)43(52)31(5)58-40/h12-13,16-17,19-21,27,29,31-33,35-47,51-52,54H,9-11,14-15,18,22-26H2,1-8H3/b13-12+,28-17+,34-16+/t27-,29-,31-,32-,35+,36-,37?,38-,39+,40-,41-,42+,43-,44-,45?,46-,47+,49+,50+/m0/s1. The molecule has 14 heteroatoms. The Morgan fingerprint density at radius 3 is 2.28 bits per heavy atom. The lowest BCUT2D eigenvalue weighted by Crippen LogP contribution is -2.58. The quantitative estimate of drug-likeness (QED) is 0.204. The van der Waals surface area contributed by atoms with Crippen molar-refractivity contribution in [1.82, 2.24) is 0 Å². The molecule has 8 rings (SSSR count). The molecular weight excluding hydrogens is 825 g/mol. The summed E-state index contributed by atoms with van der Waals surface area (Å²) in [5.74, 6) is -2.32. The van der Waals surface area contributed by atoms with Gasteiger partial charge in [-0.1, -0.05) is 69.6 Å². The summed E-state index contributed by atoms with van der Waals surface area (Å²) in [6.07, 6.45) is 13.8. The minimum Gasteiger partial charge on any atom is -0.462 e. The Kier molecular flexibility index (Phi) is 15.1. The first kappa shape index (κ1) is 48.2. The molecule has 5 fully saturated rings. The van der Waals surface area contributed by atoms with Gasteiger partial charge in [0, 0.05) is 51.7 Å². The summed E-state index contributed by atoms with van der Waals surface area (Å²) in [5, 5.41) is 34.3. The van der Waals surface area contributed by atoms with Gasteiger partial charge in [0.1, 0.15) is 42.0 Å². The van der Waals surface area contributed by atoms with E-state index in [2.05, 4.69) is 32.9 Å². The van der Waals surface area contributed by atoms with E-state index >= 15 is 0 Å². The van der Waals surface area contributed by atoms with Crippen LogP contribution >= 0.6 is 0 Å². The Balaban J connectivity index is 1.08. The maximum Gasteiger partial charge on any atom is 0.316 e. The SMILES string of the molecule is CO[C@H]1C[C@H](O[C@H]2[C@H](C)O[C@@H](O[C@@H]3/C(C)=C/C[C@@H]4C[C@@H](C[C@]5(C=C[C@H](C)C(C6CCCCC6)O5)O4)OC(=O)C4C=C(C)[C@@H](O)[C@H]5OC/C(=C\C=C\[C@@H]3C)[C@@]45O)C[C@H]2OC)O[C@@H](C)[C@@H]1O. The predicted molar refractivity (Wildman–Crippen MR) is 234 cm³/mol. The van der Waals surface area contributed by atoms with Crippen molar-refractivity contribution < 1.29 is 67.5 Å². The van der Waals surface area contributed by atoms with Gasteiger partial charge < -0.3 is 62.7 Å². The van der Waals surface area contributed by atoms with Gasteiger partial charge in [-0.05, 0) is 75.7 Å². The van der Waals surface area contributed by atoms with E-state index in [9.17, 15) is 20.1 Å². The van der Waals surface area contributed by atoms with Crippen LogP contribution in [0.2, 0.25) is 0 Å². The lowest BCUT2D eigenvalue weighted by Gasteiger charge is -2.49. The Hall–Kier alpha value is -2.31. The first-order valence-corrected chi connectivity index (χ1v) is 24.0. The van der Waals surface area contributed by atoms with Crippen LogP contribution < -0.4 is 0 Å². The molecule has 19 atom stereocenters. The Bertz CT molecular complexity index is 1790. The molecule has 0 amide bonds. The van der Waals surface area contributed by atoms with Gasteiger partial charge in [0.2, 0.25) is 0 Å². The Labute approximate surface area is 379 Å². The van der Waals surface area contributed by atoms with Gasteiger partial charge in [-0.15, -0.1) is 0 Å². The number of aliphatic hydroxyl groups is 3. The molecular formula is C50H74O14. The number of hydrogen-bond donors (Lipinski definition) is 3. The molecule has 0 aromatic rings. The van der Waals surface area contributed by atoms with Crippen LogP contribution in [-0.2, 0) is 52.2 Å². The monoisotopic (exact) mass is 899 g/mol. The average molecular weight is 899 g/mol. The van der Waals surface area contributed by atoms with E-state index in [1.165, 1.54) is 19.3 Å². The van der Waals surface area contributed by atoms with E-state index in [0.717, 1.165) is 18.4 Å². The fourth-order valence-electron chi connectivity index (χ4n) is 11.7. The summed E-state index contributed by atoms with van der Waals surface area (Å²) in [5.41, 5.74) is 0.166. The molecule has 0 aromatic carbocycles. The second-order valence-corrected chi connectivity index (χ2v) is 20.0. The van der Waals surface area contributed by atoms with Crippen LogP contribution in [0.1, 0.15) is 106 Å². The molecule has 358 valence electrons. The zero-order valence-electron chi connectivity index (χ0n) is 39.0. The van der Waals surface area contributed by atoms with Crippen molar-refractivity contribution in [1.29, 1.82) is 0 Å². The highest BCUT2D eigenvalue weighted by Crippen LogP contribution is 2.48. The first-order valence-electron chi connectivity index (χ1n) is 24.0. The lowest BCUT2D eigenvalue weighted by atomic mass is 9.71. The molecule has 0 radical (unpaired) electrons. The van der Waals surface area contributed by atoms with Crippen LogP contribution in [0, 0.1) is 23.7 Å². The summed E-state index contributed by atoms with van der Waals surface area (Å²) in [6.45, 7) is 11.9. The number of carbonyl (C=O) groups is 1. The van der Waals surface area contributed by atoms with Crippen molar-refractivity contribution in [3.8, 4) is 0 Å². The summed E-state index contributed by atoms with van der Waals surface area (Å²) >= 11 is 0. The Morgan fingerprint density at radius 1 is 0.812 bits per heavy atom. The minimum atomic E-state index is -1.83.